The van der Waals surface area contributed by atoms with Gasteiger partial charge in [-0.2, -0.15) is 9.90 Å². The van der Waals surface area contributed by atoms with Gasteiger partial charge in [0.1, 0.15) is 0 Å². The molecule has 1 aromatic rings. The van der Waals surface area contributed by atoms with Crippen LogP contribution < -0.4 is 0 Å². The smallest absolute Gasteiger partial charge is 0.358 e. The number of amidine groups is 1. The third kappa shape index (κ3) is 2.25. The van der Waals surface area contributed by atoms with Gasteiger partial charge in [-0.1, -0.05) is 0 Å². The molecule has 0 saturated carbocycles. The third-order valence-corrected chi connectivity index (χ3v) is 1.30. The normalized spacial score (nSPS) is 11.5. The number of hydrogen-bond acceptors (Lipinski definition) is 6. The summed E-state index contributed by atoms with van der Waals surface area (Å²) < 4.78 is 0. The topological polar surface area (TPSA) is 89.5 Å². The van der Waals surface area contributed by atoms with E-state index in [1.807, 2.05) is 0 Å². The summed E-state index contributed by atoms with van der Waals surface area (Å²) in [5.74, 6) is -0.317. The second kappa shape index (κ2) is 3.81. The van der Waals surface area contributed by atoms with Crippen molar-refractivity contribution in [3.63, 3.8) is 0 Å². The van der Waals surface area contributed by atoms with E-state index in [2.05, 4.69) is 15.3 Å². The van der Waals surface area contributed by atoms with E-state index < -0.39 is 4.92 Å². The number of nitrogens with zero attached hydrogens (tertiary/aromatic N) is 6. The summed E-state index contributed by atoms with van der Waals surface area (Å²) in [4.78, 5) is 11.3. The first-order chi connectivity index (χ1) is 6.50. The summed E-state index contributed by atoms with van der Waals surface area (Å²) >= 11 is 0. The fourth-order valence-electron chi connectivity index (χ4n) is 0.819. The lowest BCUT2D eigenvalue weighted by molar-refractivity contribution is -0.350. The van der Waals surface area contributed by atoms with Gasteiger partial charge < -0.3 is 10.1 Å². The molecule has 0 bridgehead atoms. The molecule has 0 aliphatic carbocycles. The largest absolute Gasteiger partial charge is 0.417 e. The number of aromatic nitrogens is 3. The van der Waals surface area contributed by atoms with Crippen LogP contribution >= 0.6 is 0 Å². The zero-order valence-corrected chi connectivity index (χ0v) is 8.08. The standard InChI is InChI=1S/C6H10N6O2/c1-10(2)9-6(12(13)14)5-4-7-11(3)8-5/h4H,1-3H3. The van der Waals surface area contributed by atoms with Gasteiger partial charge in [0.15, 0.2) is 0 Å². The van der Waals surface area contributed by atoms with Gasteiger partial charge >= 0.3 is 5.84 Å². The van der Waals surface area contributed by atoms with Crippen LogP contribution in [0.25, 0.3) is 0 Å². The van der Waals surface area contributed by atoms with Crippen LogP contribution in [0.2, 0.25) is 0 Å². The van der Waals surface area contributed by atoms with Crippen molar-refractivity contribution in [2.24, 2.45) is 12.1 Å². The molecular weight excluding hydrogens is 188 g/mol. The highest BCUT2D eigenvalue weighted by Crippen LogP contribution is 1.97. The van der Waals surface area contributed by atoms with E-state index in [0.29, 0.717) is 0 Å². The molecule has 14 heavy (non-hydrogen) atoms. The third-order valence-electron chi connectivity index (χ3n) is 1.30. The summed E-state index contributed by atoms with van der Waals surface area (Å²) in [6, 6.07) is 0. The quantitative estimate of drug-likeness (QED) is 0.271. The predicted octanol–water partition coefficient (Wildman–Crippen LogP) is -0.685. The molecular formula is C6H10N6O2. The Kier molecular flexibility index (Phi) is 2.75. The Hall–Kier alpha value is -1.99. The fraction of sp³-hybridized carbons (Fsp3) is 0.500. The summed E-state index contributed by atoms with van der Waals surface area (Å²) in [5.41, 5.74) is 0.145. The van der Waals surface area contributed by atoms with E-state index >= 15 is 0 Å². The summed E-state index contributed by atoms with van der Waals surface area (Å²) in [5, 5.41) is 23.2. The molecule has 0 radical (unpaired) electrons. The van der Waals surface area contributed by atoms with Crippen molar-refractivity contribution in [1.29, 1.82) is 0 Å². The molecule has 0 spiro atoms. The van der Waals surface area contributed by atoms with Crippen LogP contribution in [0.5, 0.6) is 0 Å². The average molecular weight is 198 g/mol. The molecule has 1 heterocycles. The second-order valence-electron chi connectivity index (χ2n) is 2.75. The van der Waals surface area contributed by atoms with Gasteiger partial charge in [-0.25, -0.2) is 5.01 Å². The SMILES string of the molecule is CN(C)N=C(c1cnn(C)n1)[N+](=O)[O-]. The Morgan fingerprint density at radius 1 is 1.71 bits per heavy atom. The van der Waals surface area contributed by atoms with E-state index in [9.17, 15) is 10.1 Å². The summed E-state index contributed by atoms with van der Waals surface area (Å²) in [6.45, 7) is 0. The molecule has 1 rings (SSSR count). The van der Waals surface area contributed by atoms with Gasteiger partial charge in [-0.3, -0.25) is 0 Å². The lowest BCUT2D eigenvalue weighted by Crippen LogP contribution is -2.19. The van der Waals surface area contributed by atoms with Crippen LogP contribution in [0.3, 0.4) is 0 Å². The average Bonchev–Trinajstić information content (AvgIpc) is 2.46. The highest BCUT2D eigenvalue weighted by molar-refractivity contribution is 5.89. The van der Waals surface area contributed by atoms with Crippen LogP contribution in [0.1, 0.15) is 5.69 Å². The highest BCUT2D eigenvalue weighted by atomic mass is 16.6. The summed E-state index contributed by atoms with van der Waals surface area (Å²) in [6.07, 6.45) is 1.30. The van der Waals surface area contributed by atoms with Gasteiger partial charge in [-0.05, 0) is 4.92 Å². The molecule has 0 fully saturated rings. The van der Waals surface area contributed by atoms with Gasteiger partial charge in [0.05, 0.1) is 11.3 Å². The molecule has 0 aromatic carbocycles. The van der Waals surface area contributed by atoms with Gasteiger partial charge in [0.2, 0.25) is 5.69 Å². The number of nitro groups is 1. The van der Waals surface area contributed by atoms with Crippen molar-refractivity contribution < 1.29 is 4.92 Å². The maximum Gasteiger partial charge on any atom is 0.417 e. The molecule has 0 aliphatic rings. The zero-order chi connectivity index (χ0) is 10.7. The van der Waals surface area contributed by atoms with Crippen LogP contribution in [0, 0.1) is 10.1 Å². The first-order valence-electron chi connectivity index (χ1n) is 3.77. The van der Waals surface area contributed by atoms with Crippen LogP contribution in [-0.4, -0.2) is 44.9 Å². The van der Waals surface area contributed by atoms with Crippen molar-refractivity contribution in [3.8, 4) is 0 Å². The molecule has 0 unspecified atom stereocenters. The second-order valence-corrected chi connectivity index (χ2v) is 2.75. The molecule has 8 heteroatoms. The molecule has 0 amide bonds. The number of hydrogen-bond donors (Lipinski definition) is 0. The monoisotopic (exact) mass is 198 g/mol. The van der Waals surface area contributed by atoms with Crippen molar-refractivity contribution >= 4 is 5.84 Å². The Balaban J connectivity index is 3.07. The molecule has 76 valence electrons. The molecule has 1 aromatic heterocycles. The van der Waals surface area contributed by atoms with E-state index in [1.165, 1.54) is 16.0 Å². The maximum absolute atomic E-state index is 10.6. The number of rotatable bonds is 2. The lowest BCUT2D eigenvalue weighted by Gasteiger charge is -1.97. The molecule has 0 atom stereocenters. The Labute approximate surface area is 80.0 Å². The molecule has 0 N–H and O–H groups in total. The first kappa shape index (κ1) is 10.1. The summed E-state index contributed by atoms with van der Waals surface area (Å²) in [7, 11) is 4.77. The maximum atomic E-state index is 10.6. The first-order valence-corrected chi connectivity index (χ1v) is 3.77. The Bertz CT molecular complexity index is 368. The van der Waals surface area contributed by atoms with Crippen molar-refractivity contribution in [3.05, 3.63) is 22.0 Å². The molecule has 0 saturated heterocycles. The molecule has 0 aliphatic heterocycles. The Morgan fingerprint density at radius 2 is 2.36 bits per heavy atom. The van der Waals surface area contributed by atoms with E-state index in [0.717, 1.165) is 0 Å². The highest BCUT2D eigenvalue weighted by Gasteiger charge is 2.20. The van der Waals surface area contributed by atoms with Crippen LogP contribution in [0.15, 0.2) is 11.3 Å². The predicted molar refractivity (Wildman–Crippen MR) is 48.2 cm³/mol. The van der Waals surface area contributed by atoms with E-state index in [-0.39, 0.29) is 11.5 Å². The zero-order valence-electron chi connectivity index (χ0n) is 8.08. The minimum Gasteiger partial charge on any atom is -0.358 e. The van der Waals surface area contributed by atoms with Crippen LogP contribution in [-0.2, 0) is 7.05 Å². The van der Waals surface area contributed by atoms with Gasteiger partial charge in [-0.15, -0.1) is 5.10 Å². The Morgan fingerprint density at radius 3 is 2.71 bits per heavy atom. The fourth-order valence-corrected chi connectivity index (χ4v) is 0.819. The molecule has 8 nitrogen and oxygen atoms in total. The van der Waals surface area contributed by atoms with Crippen LogP contribution in [0.4, 0.5) is 0 Å². The van der Waals surface area contributed by atoms with E-state index in [4.69, 9.17) is 0 Å². The number of hydrazone groups is 1. The van der Waals surface area contributed by atoms with Gasteiger partial charge in [0.25, 0.3) is 0 Å². The van der Waals surface area contributed by atoms with Crippen molar-refractivity contribution in [1.82, 2.24) is 20.0 Å². The van der Waals surface area contributed by atoms with Crippen molar-refractivity contribution in [2.75, 3.05) is 14.1 Å². The lowest BCUT2D eigenvalue weighted by atomic mass is 10.4. The van der Waals surface area contributed by atoms with Gasteiger partial charge in [0, 0.05) is 21.1 Å². The number of aryl methyl sites for hydroxylation is 1. The van der Waals surface area contributed by atoms with Crippen molar-refractivity contribution in [2.45, 2.75) is 0 Å². The van der Waals surface area contributed by atoms with E-state index in [1.54, 1.807) is 21.1 Å². The minimum absolute atomic E-state index is 0.145. The minimum atomic E-state index is -0.593.